The molecule has 39 heavy (non-hydrogen) atoms. The molecule has 8 nitrogen and oxygen atoms in total. The Bertz CT molecular complexity index is 1250. The quantitative estimate of drug-likeness (QED) is 0.425. The number of benzene rings is 1. The first-order chi connectivity index (χ1) is 18.9. The predicted molar refractivity (Wildman–Crippen MR) is 151 cm³/mol. The Labute approximate surface area is 231 Å². The van der Waals surface area contributed by atoms with E-state index in [9.17, 15) is 4.79 Å². The highest BCUT2D eigenvalue weighted by molar-refractivity contribution is 5.92. The number of fused-ring (bicyclic) bond motifs is 2. The molecule has 0 saturated carbocycles. The Morgan fingerprint density at radius 1 is 1.03 bits per heavy atom. The van der Waals surface area contributed by atoms with E-state index in [0.29, 0.717) is 30.0 Å². The lowest BCUT2D eigenvalue weighted by molar-refractivity contribution is 0.0583. The number of carbonyl (C=O) groups excluding carboxylic acids is 1. The molecule has 2 aliphatic heterocycles. The Balaban J connectivity index is 1.33. The molecule has 0 aliphatic carbocycles. The highest BCUT2D eigenvalue weighted by Crippen LogP contribution is 2.35. The summed E-state index contributed by atoms with van der Waals surface area (Å²) < 4.78 is 14.4. The molecule has 1 saturated heterocycles. The lowest BCUT2D eigenvalue weighted by Crippen LogP contribution is -2.47. The SMILES string of the molecule is CCCn1nccc1C(=O)N1CCC(N2CCCC(C)(C)COc3ccccc3Oc3ncccc3C2)CC1. The molecular weight excluding hydrogens is 490 g/mol. The maximum Gasteiger partial charge on any atom is 0.272 e. The van der Waals surface area contributed by atoms with Crippen LogP contribution in [0.2, 0.25) is 0 Å². The summed E-state index contributed by atoms with van der Waals surface area (Å²) >= 11 is 0. The number of ether oxygens (including phenoxy) is 2. The van der Waals surface area contributed by atoms with Gasteiger partial charge in [-0.25, -0.2) is 4.98 Å². The van der Waals surface area contributed by atoms with Gasteiger partial charge in [0.05, 0.1) is 6.61 Å². The van der Waals surface area contributed by atoms with Crippen molar-refractivity contribution >= 4 is 5.91 Å². The van der Waals surface area contributed by atoms with Crippen LogP contribution in [-0.2, 0) is 13.1 Å². The normalized spacial score (nSPS) is 18.9. The molecule has 4 heterocycles. The maximum atomic E-state index is 13.3. The minimum Gasteiger partial charge on any atom is -0.489 e. The first-order valence-electron chi connectivity index (χ1n) is 14.3. The van der Waals surface area contributed by atoms with E-state index in [1.165, 1.54) is 0 Å². The van der Waals surface area contributed by atoms with Gasteiger partial charge < -0.3 is 14.4 Å². The van der Waals surface area contributed by atoms with Crippen LogP contribution in [-0.4, -0.2) is 62.8 Å². The van der Waals surface area contributed by atoms with Gasteiger partial charge in [0, 0.05) is 50.2 Å². The highest BCUT2D eigenvalue weighted by Gasteiger charge is 2.30. The van der Waals surface area contributed by atoms with Gasteiger partial charge in [-0.3, -0.25) is 14.4 Å². The number of hydrogen-bond donors (Lipinski definition) is 0. The largest absolute Gasteiger partial charge is 0.489 e. The average Bonchev–Trinajstić information content (AvgIpc) is 3.41. The monoisotopic (exact) mass is 531 g/mol. The second-order valence-corrected chi connectivity index (χ2v) is 11.5. The van der Waals surface area contributed by atoms with Gasteiger partial charge in [0.2, 0.25) is 5.88 Å². The Morgan fingerprint density at radius 2 is 1.82 bits per heavy atom. The smallest absolute Gasteiger partial charge is 0.272 e. The van der Waals surface area contributed by atoms with E-state index >= 15 is 0 Å². The van der Waals surface area contributed by atoms with E-state index in [1.54, 1.807) is 12.4 Å². The van der Waals surface area contributed by atoms with Crippen LogP contribution in [0.25, 0.3) is 0 Å². The van der Waals surface area contributed by atoms with Crippen molar-refractivity contribution in [1.29, 1.82) is 0 Å². The van der Waals surface area contributed by atoms with Crippen molar-refractivity contribution in [3.05, 3.63) is 66.1 Å². The zero-order chi connectivity index (χ0) is 27.2. The Hall–Kier alpha value is -3.39. The summed E-state index contributed by atoms with van der Waals surface area (Å²) in [6.45, 7) is 11.3. The second kappa shape index (κ2) is 12.2. The zero-order valence-corrected chi connectivity index (χ0v) is 23.5. The Morgan fingerprint density at radius 3 is 2.62 bits per heavy atom. The predicted octanol–water partition coefficient (Wildman–Crippen LogP) is 5.79. The van der Waals surface area contributed by atoms with Gasteiger partial charge in [-0.1, -0.05) is 39.0 Å². The third-order valence-corrected chi connectivity index (χ3v) is 7.84. The van der Waals surface area contributed by atoms with Crippen molar-refractivity contribution in [2.24, 2.45) is 5.41 Å². The van der Waals surface area contributed by atoms with Gasteiger partial charge in [0.1, 0.15) is 5.69 Å². The number of pyridine rings is 1. The van der Waals surface area contributed by atoms with Crippen LogP contribution in [0.3, 0.4) is 0 Å². The molecule has 0 radical (unpaired) electrons. The highest BCUT2D eigenvalue weighted by atomic mass is 16.5. The minimum absolute atomic E-state index is 0.0369. The molecule has 5 rings (SSSR count). The summed E-state index contributed by atoms with van der Waals surface area (Å²) in [7, 11) is 0. The summed E-state index contributed by atoms with van der Waals surface area (Å²) in [6, 6.07) is 14.2. The maximum absolute atomic E-state index is 13.3. The minimum atomic E-state index is 0.0369. The van der Waals surface area contributed by atoms with Gasteiger partial charge in [-0.2, -0.15) is 5.10 Å². The number of piperidine rings is 1. The number of aryl methyl sites for hydroxylation is 1. The summed E-state index contributed by atoms with van der Waals surface area (Å²) in [5.74, 6) is 2.14. The number of hydrogen-bond acceptors (Lipinski definition) is 6. The number of aromatic nitrogens is 3. The summed E-state index contributed by atoms with van der Waals surface area (Å²) in [5.41, 5.74) is 1.79. The number of para-hydroxylation sites is 2. The molecule has 3 aromatic rings. The summed E-state index contributed by atoms with van der Waals surface area (Å²) in [6.07, 6.45) is 8.48. The molecule has 1 fully saturated rings. The third-order valence-electron chi connectivity index (χ3n) is 7.84. The molecule has 1 amide bonds. The average molecular weight is 532 g/mol. The van der Waals surface area contributed by atoms with Crippen LogP contribution in [0.5, 0.6) is 17.4 Å². The van der Waals surface area contributed by atoms with E-state index in [-0.39, 0.29) is 11.3 Å². The molecular formula is C31H41N5O3. The molecule has 208 valence electrons. The van der Waals surface area contributed by atoms with E-state index in [0.717, 1.165) is 76.1 Å². The molecule has 1 aromatic carbocycles. The van der Waals surface area contributed by atoms with Gasteiger partial charge >= 0.3 is 0 Å². The van der Waals surface area contributed by atoms with Crippen LogP contribution < -0.4 is 9.47 Å². The van der Waals surface area contributed by atoms with Crippen molar-refractivity contribution in [3.8, 4) is 17.4 Å². The molecule has 2 aliphatic rings. The fourth-order valence-electron chi connectivity index (χ4n) is 5.61. The van der Waals surface area contributed by atoms with Crippen LogP contribution in [0.1, 0.15) is 68.9 Å². The van der Waals surface area contributed by atoms with Crippen molar-refractivity contribution in [2.75, 3.05) is 26.2 Å². The Kier molecular flexibility index (Phi) is 8.50. The summed E-state index contributed by atoms with van der Waals surface area (Å²) in [5, 5.41) is 4.35. The lowest BCUT2D eigenvalue weighted by atomic mass is 9.88. The number of rotatable bonds is 4. The molecule has 0 atom stereocenters. The molecule has 0 spiro atoms. The first-order valence-corrected chi connectivity index (χ1v) is 14.3. The summed E-state index contributed by atoms with van der Waals surface area (Å²) in [4.78, 5) is 22.5. The van der Waals surface area contributed by atoms with E-state index in [2.05, 4.69) is 41.8 Å². The van der Waals surface area contributed by atoms with Crippen molar-refractivity contribution in [3.63, 3.8) is 0 Å². The molecule has 8 heteroatoms. The molecule has 0 bridgehead atoms. The van der Waals surface area contributed by atoms with Gasteiger partial charge in [0.25, 0.3) is 5.91 Å². The van der Waals surface area contributed by atoms with Gasteiger partial charge in [-0.15, -0.1) is 0 Å². The topological polar surface area (TPSA) is 72.7 Å². The van der Waals surface area contributed by atoms with Crippen molar-refractivity contribution < 1.29 is 14.3 Å². The van der Waals surface area contributed by atoms with Crippen LogP contribution in [0.15, 0.2) is 54.9 Å². The van der Waals surface area contributed by atoms with Crippen LogP contribution >= 0.6 is 0 Å². The molecule has 0 N–H and O–H groups in total. The second-order valence-electron chi connectivity index (χ2n) is 11.5. The van der Waals surface area contributed by atoms with E-state index in [4.69, 9.17) is 9.47 Å². The first kappa shape index (κ1) is 27.2. The fourth-order valence-corrected chi connectivity index (χ4v) is 5.61. The standard InChI is InChI=1S/C31H41N5O3/c1-4-18-36-26(12-17-33-36)30(37)34-20-13-25(14-21-34)35-19-8-15-31(2,3)23-38-27-10-5-6-11-28(27)39-29-24(22-35)9-7-16-32-29/h5-7,9-12,16-17,25H,4,8,13-15,18-23H2,1-3H3. The van der Waals surface area contributed by atoms with E-state index < -0.39 is 0 Å². The number of nitrogens with zero attached hydrogens (tertiary/aromatic N) is 5. The van der Waals surface area contributed by atoms with Crippen molar-refractivity contribution in [2.45, 2.75) is 72.0 Å². The van der Waals surface area contributed by atoms with E-state index in [1.807, 2.05) is 46.0 Å². The number of amides is 1. The molecule has 0 unspecified atom stereocenters. The van der Waals surface area contributed by atoms with Crippen LogP contribution in [0, 0.1) is 5.41 Å². The number of likely N-dealkylation sites (tertiary alicyclic amines) is 1. The number of carbonyl (C=O) groups is 1. The molecule has 2 aromatic heterocycles. The zero-order valence-electron chi connectivity index (χ0n) is 23.5. The lowest BCUT2D eigenvalue weighted by Gasteiger charge is -2.39. The third kappa shape index (κ3) is 6.61. The fraction of sp³-hybridized carbons (Fsp3) is 0.516. The van der Waals surface area contributed by atoms with Gasteiger partial charge in [-0.05, 0) is 68.3 Å². The van der Waals surface area contributed by atoms with Crippen molar-refractivity contribution in [1.82, 2.24) is 24.6 Å². The van der Waals surface area contributed by atoms with Crippen LogP contribution in [0.4, 0.5) is 0 Å². The van der Waals surface area contributed by atoms with Gasteiger partial charge in [0.15, 0.2) is 11.5 Å².